The van der Waals surface area contributed by atoms with Gasteiger partial charge in [0.25, 0.3) is 0 Å². The molecule has 0 atom stereocenters. The second kappa shape index (κ2) is 38.5. The highest BCUT2D eigenvalue weighted by atomic mass is 16.4. The zero-order chi connectivity index (χ0) is 46.4. The van der Waals surface area contributed by atoms with Gasteiger partial charge in [-0.05, 0) is 25.7 Å². The van der Waals surface area contributed by atoms with E-state index >= 15 is 0 Å². The fraction of sp³-hybridized carbons (Fsp3) is 0.900. The van der Waals surface area contributed by atoms with Crippen molar-refractivity contribution < 1.29 is 44.4 Å². The highest BCUT2D eigenvalue weighted by Gasteiger charge is 2.41. The highest BCUT2D eigenvalue weighted by molar-refractivity contribution is 5.76. The number of unbranched alkanes of at least 4 members (excludes halogenated alkanes) is 27. The number of hydrogen-bond acceptors (Lipinski definition) is 12. The molecule has 0 aromatic heterocycles. The van der Waals surface area contributed by atoms with Gasteiger partial charge in [-0.15, -0.1) is 0 Å². The van der Waals surface area contributed by atoms with E-state index in [1.54, 1.807) is 0 Å². The molecule has 0 radical (unpaired) electrons. The Labute approximate surface area is 383 Å². The lowest BCUT2D eigenvalue weighted by molar-refractivity contribution is -0.314. The van der Waals surface area contributed by atoms with E-state index in [4.69, 9.17) is 0 Å². The summed E-state index contributed by atoms with van der Waals surface area (Å²) in [5.74, 6) is -5.74. The van der Waals surface area contributed by atoms with Crippen LogP contribution in [0.3, 0.4) is 0 Å². The summed E-state index contributed by atoms with van der Waals surface area (Å²) < 4.78 is 0. The van der Waals surface area contributed by atoms with Gasteiger partial charge in [-0.1, -0.05) is 187 Å². The van der Waals surface area contributed by atoms with Gasteiger partial charge in [0.1, 0.15) is 0 Å². The number of hydrogen-bond donors (Lipinski definition) is 0. The third-order valence-electron chi connectivity index (χ3n) is 13.0. The van der Waals surface area contributed by atoms with Gasteiger partial charge in [-0.2, -0.15) is 0 Å². The Morgan fingerprint density at radius 1 is 0.429 bits per heavy atom. The molecule has 13 nitrogen and oxygen atoms in total. The van der Waals surface area contributed by atoms with Gasteiger partial charge in [0, 0.05) is 77.4 Å². The first-order chi connectivity index (χ1) is 30.4. The lowest BCUT2D eigenvalue weighted by Crippen LogP contribution is -2.64. The standard InChI is InChI=1S/C50H94N4O9/c1-3-5-7-9-11-13-15-17-19-21-23-25-27-31-35-53(36-32-28-26-24-22-20-18-16-14-12-10-8-6-4-2)45(55)33-29-30-34-50(54(41-48(60)61)42-49(62)63)43-51(39-46(56)57)37-38-52(44-50)40-47(58)59/h3-44H2,1-2H3,(H,56,57)(H,58,59)(H,60,61)(H,62,63)/p-4. The first-order valence-corrected chi connectivity index (χ1v) is 25.7. The average Bonchev–Trinajstić information content (AvgIpc) is 3.39. The van der Waals surface area contributed by atoms with Gasteiger partial charge in [0.15, 0.2) is 0 Å². The van der Waals surface area contributed by atoms with Crippen molar-refractivity contribution >= 4 is 29.8 Å². The number of carbonyl (C=O) groups excluding carboxylic acids is 5. The molecule has 0 aromatic carbocycles. The molecule has 13 heteroatoms. The summed E-state index contributed by atoms with van der Waals surface area (Å²) in [6.45, 7) is 3.53. The molecule has 1 amide bonds. The number of carboxylic acids is 4. The summed E-state index contributed by atoms with van der Waals surface area (Å²) in [5.41, 5.74) is -1.30. The lowest BCUT2D eigenvalue weighted by atomic mass is 9.88. The van der Waals surface area contributed by atoms with Crippen molar-refractivity contribution in [2.24, 2.45) is 0 Å². The largest absolute Gasteiger partial charge is 0.549 e. The molecular weight excluding hydrogens is 801 g/mol. The molecule has 0 spiro atoms. The zero-order valence-corrected chi connectivity index (χ0v) is 40.2. The molecule has 0 N–H and O–H groups in total. The Bertz CT molecular complexity index is 1130. The maximum atomic E-state index is 13.8. The van der Waals surface area contributed by atoms with Crippen molar-refractivity contribution in [3.05, 3.63) is 0 Å². The van der Waals surface area contributed by atoms with Crippen molar-refractivity contribution in [2.45, 2.75) is 225 Å². The van der Waals surface area contributed by atoms with Crippen molar-refractivity contribution in [3.63, 3.8) is 0 Å². The summed E-state index contributed by atoms with van der Waals surface area (Å²) in [6, 6.07) is 0. The molecule has 1 aliphatic rings. The van der Waals surface area contributed by atoms with Gasteiger partial charge in [0.2, 0.25) is 5.91 Å². The van der Waals surface area contributed by atoms with Crippen LogP contribution in [-0.2, 0) is 24.0 Å². The number of nitrogens with zero attached hydrogens (tertiary/aromatic N) is 4. The first-order valence-electron chi connectivity index (χ1n) is 25.7. The normalized spacial score (nSPS) is 14.5. The van der Waals surface area contributed by atoms with E-state index in [9.17, 15) is 44.4 Å². The second-order valence-corrected chi connectivity index (χ2v) is 18.8. The quantitative estimate of drug-likeness (QED) is 0.0746. The summed E-state index contributed by atoms with van der Waals surface area (Å²) in [7, 11) is 0. The van der Waals surface area contributed by atoms with Crippen LogP contribution < -0.4 is 20.4 Å². The van der Waals surface area contributed by atoms with E-state index in [0.29, 0.717) is 25.9 Å². The van der Waals surface area contributed by atoms with E-state index in [2.05, 4.69) is 13.8 Å². The van der Waals surface area contributed by atoms with Gasteiger partial charge >= 0.3 is 0 Å². The summed E-state index contributed by atoms with van der Waals surface area (Å²) in [4.78, 5) is 67.2. The van der Waals surface area contributed by atoms with Gasteiger partial charge in [0.05, 0.1) is 23.9 Å². The summed E-state index contributed by atoms with van der Waals surface area (Å²) in [5, 5.41) is 47.2. The molecule has 0 aromatic rings. The fourth-order valence-corrected chi connectivity index (χ4v) is 9.42. The van der Waals surface area contributed by atoms with Crippen LogP contribution in [0.1, 0.15) is 219 Å². The van der Waals surface area contributed by atoms with Crippen LogP contribution in [0.2, 0.25) is 0 Å². The molecule has 0 bridgehead atoms. The van der Waals surface area contributed by atoms with E-state index in [1.807, 2.05) is 4.90 Å². The smallest absolute Gasteiger partial charge is 0.222 e. The Hall–Kier alpha value is -2.77. The Morgan fingerprint density at radius 2 is 0.746 bits per heavy atom. The summed E-state index contributed by atoms with van der Waals surface area (Å²) in [6.07, 6.45) is 36.7. The molecule has 368 valence electrons. The van der Waals surface area contributed by atoms with Crippen molar-refractivity contribution in [1.82, 2.24) is 19.6 Å². The van der Waals surface area contributed by atoms with Gasteiger partial charge < -0.3 is 44.5 Å². The van der Waals surface area contributed by atoms with Crippen molar-refractivity contribution in [2.75, 3.05) is 65.4 Å². The highest BCUT2D eigenvalue weighted by Crippen LogP contribution is 2.29. The van der Waals surface area contributed by atoms with Crippen LogP contribution in [0.25, 0.3) is 0 Å². The molecule has 0 saturated carbocycles. The number of aliphatic carboxylic acids is 4. The number of carbonyl (C=O) groups is 5. The first kappa shape index (κ1) is 58.2. The van der Waals surface area contributed by atoms with Crippen LogP contribution >= 0.6 is 0 Å². The molecule has 1 heterocycles. The molecule has 1 fully saturated rings. The topological polar surface area (TPSA) is 191 Å². The third kappa shape index (κ3) is 31.7. The van der Waals surface area contributed by atoms with Crippen molar-refractivity contribution in [1.29, 1.82) is 0 Å². The number of amides is 1. The Kier molecular flexibility index (Phi) is 35.6. The van der Waals surface area contributed by atoms with E-state index < -0.39 is 55.6 Å². The predicted molar refractivity (Wildman–Crippen MR) is 243 cm³/mol. The lowest BCUT2D eigenvalue weighted by Gasteiger charge is -2.47. The van der Waals surface area contributed by atoms with Crippen LogP contribution in [0.4, 0.5) is 0 Å². The SMILES string of the molecule is CCCCCCCCCCCCCCCCN(CCCCCCCCCCCCCCCC)C(=O)CCCCC1(N(CC(=O)[O-])CC(=O)[O-])CN(CC(=O)[O-])CCN(CC(=O)[O-])C1. The third-order valence-corrected chi connectivity index (χ3v) is 13.0. The second-order valence-electron chi connectivity index (χ2n) is 18.8. The molecule has 0 aliphatic carbocycles. The molecule has 1 saturated heterocycles. The molecule has 1 rings (SSSR count). The average molecular weight is 891 g/mol. The Morgan fingerprint density at radius 3 is 1.05 bits per heavy atom. The summed E-state index contributed by atoms with van der Waals surface area (Å²) >= 11 is 0. The van der Waals surface area contributed by atoms with Gasteiger partial charge in [-0.3, -0.25) is 19.5 Å². The number of rotatable bonds is 44. The minimum atomic E-state index is -1.53. The molecule has 1 aliphatic heterocycles. The van der Waals surface area contributed by atoms with E-state index in [0.717, 1.165) is 38.5 Å². The minimum Gasteiger partial charge on any atom is -0.549 e. The maximum absolute atomic E-state index is 13.8. The monoisotopic (exact) mass is 891 g/mol. The zero-order valence-electron chi connectivity index (χ0n) is 40.2. The van der Waals surface area contributed by atoms with Crippen LogP contribution in [0.15, 0.2) is 0 Å². The molecule has 0 unspecified atom stereocenters. The van der Waals surface area contributed by atoms with E-state index in [-0.39, 0.29) is 44.9 Å². The van der Waals surface area contributed by atoms with E-state index in [1.165, 1.54) is 156 Å². The van der Waals surface area contributed by atoms with Crippen LogP contribution in [0, 0.1) is 0 Å². The predicted octanol–water partition coefficient (Wildman–Crippen LogP) is 5.00. The Balaban J connectivity index is 2.82. The maximum Gasteiger partial charge on any atom is 0.222 e. The molecular formula is C50H90N4O9-4. The minimum absolute atomic E-state index is 0.0522. The van der Waals surface area contributed by atoms with Crippen molar-refractivity contribution in [3.8, 4) is 0 Å². The van der Waals surface area contributed by atoms with Gasteiger partial charge in [-0.25, -0.2) is 0 Å². The molecule has 63 heavy (non-hydrogen) atoms. The van der Waals surface area contributed by atoms with Crippen LogP contribution in [-0.4, -0.2) is 120 Å². The fourth-order valence-electron chi connectivity index (χ4n) is 9.42. The van der Waals surface area contributed by atoms with Crippen LogP contribution in [0.5, 0.6) is 0 Å². The number of carboxylic acid groups (broad SMARTS) is 4.